The van der Waals surface area contributed by atoms with Crippen molar-refractivity contribution in [3.8, 4) is 11.5 Å². The molecule has 6 nitrogen and oxygen atoms in total. The molecule has 5 aliphatic rings. The van der Waals surface area contributed by atoms with Gasteiger partial charge in [-0.3, -0.25) is 9.59 Å². The molecule has 2 aromatic rings. The van der Waals surface area contributed by atoms with Crippen molar-refractivity contribution in [1.29, 1.82) is 0 Å². The van der Waals surface area contributed by atoms with Crippen LogP contribution in [-0.4, -0.2) is 29.6 Å². The monoisotopic (exact) mass is 636 g/mol. The number of hydrogen-bond donors (Lipinski definition) is 0. The Labute approximate surface area is 232 Å². The fraction of sp³-hybridized carbons (Fsp3) is 0.370. The quantitative estimate of drug-likeness (QED) is 0.163. The Balaban J connectivity index is 1.22. The highest BCUT2D eigenvalue weighted by molar-refractivity contribution is 14.1. The highest BCUT2D eigenvalue weighted by Crippen LogP contribution is 2.65. The first kappa shape index (κ1) is 24.2. The molecule has 7 rings (SSSR count). The van der Waals surface area contributed by atoms with E-state index >= 15 is 0 Å². The predicted molar refractivity (Wildman–Crippen MR) is 145 cm³/mol. The lowest BCUT2D eigenvalue weighted by atomic mass is 9.63. The number of imide groups is 1. The van der Waals surface area contributed by atoms with E-state index in [0.29, 0.717) is 45.6 Å². The highest BCUT2D eigenvalue weighted by atomic mass is 127. The van der Waals surface area contributed by atoms with E-state index in [4.69, 9.17) is 32.7 Å². The molecule has 1 saturated heterocycles. The van der Waals surface area contributed by atoms with Crippen molar-refractivity contribution in [2.45, 2.75) is 20.0 Å². The predicted octanol–water partition coefficient (Wildman–Crippen LogP) is 5.96. The van der Waals surface area contributed by atoms with Crippen LogP contribution in [0.5, 0.6) is 11.5 Å². The number of ether oxygens (including phenoxy) is 2. The van der Waals surface area contributed by atoms with Gasteiger partial charge in [0.2, 0.25) is 0 Å². The maximum Gasteiger partial charge on any atom is 0.254 e. The first-order valence-electron chi connectivity index (χ1n) is 12.0. The highest BCUT2D eigenvalue weighted by Gasteiger charge is 2.67. The zero-order valence-corrected chi connectivity index (χ0v) is 23.0. The van der Waals surface area contributed by atoms with Gasteiger partial charge in [0.05, 0.1) is 28.2 Å². The van der Waals surface area contributed by atoms with Crippen molar-refractivity contribution in [1.82, 2.24) is 5.01 Å². The van der Waals surface area contributed by atoms with E-state index in [1.165, 1.54) is 0 Å². The Morgan fingerprint density at radius 2 is 1.75 bits per heavy atom. The topological polar surface area (TPSA) is 68.2 Å². The first-order valence-corrected chi connectivity index (χ1v) is 13.8. The zero-order chi connectivity index (χ0) is 25.1. The fourth-order valence-electron chi connectivity index (χ4n) is 6.03. The minimum absolute atomic E-state index is 0.175. The number of benzene rings is 2. The van der Waals surface area contributed by atoms with Gasteiger partial charge < -0.3 is 9.47 Å². The van der Waals surface area contributed by atoms with Gasteiger partial charge in [-0.25, -0.2) is 0 Å². The van der Waals surface area contributed by atoms with Crippen molar-refractivity contribution in [2.24, 2.45) is 40.6 Å². The number of allylic oxidation sites excluding steroid dienone is 2. The number of carbonyl (C=O) groups excluding carboxylic acids is 2. The average molecular weight is 637 g/mol. The minimum atomic E-state index is -0.261. The van der Waals surface area contributed by atoms with E-state index in [0.717, 1.165) is 20.6 Å². The molecule has 0 spiro atoms. The molecule has 6 atom stereocenters. The Morgan fingerprint density at radius 3 is 2.39 bits per heavy atom. The van der Waals surface area contributed by atoms with Crippen molar-refractivity contribution >= 4 is 63.8 Å². The molecular formula is C27H23Cl2IN2O4. The van der Waals surface area contributed by atoms with Crippen molar-refractivity contribution < 1.29 is 19.1 Å². The van der Waals surface area contributed by atoms with Crippen LogP contribution < -0.4 is 9.47 Å². The van der Waals surface area contributed by atoms with Crippen LogP contribution in [0.15, 0.2) is 47.6 Å². The van der Waals surface area contributed by atoms with Gasteiger partial charge in [0, 0.05) is 15.6 Å². The van der Waals surface area contributed by atoms with Crippen molar-refractivity contribution in [3.05, 3.63) is 67.2 Å². The molecule has 2 amide bonds. The second-order valence-corrected chi connectivity index (χ2v) is 11.7. The van der Waals surface area contributed by atoms with Gasteiger partial charge in [0.1, 0.15) is 6.61 Å². The van der Waals surface area contributed by atoms with Crippen molar-refractivity contribution in [3.63, 3.8) is 0 Å². The largest absolute Gasteiger partial charge is 0.490 e. The number of amides is 2. The van der Waals surface area contributed by atoms with Gasteiger partial charge in [0.15, 0.2) is 11.5 Å². The zero-order valence-electron chi connectivity index (χ0n) is 19.4. The lowest BCUT2D eigenvalue weighted by Gasteiger charge is -2.37. The number of rotatable bonds is 7. The van der Waals surface area contributed by atoms with E-state index in [1.807, 2.05) is 19.1 Å². The van der Waals surface area contributed by atoms with Crippen molar-refractivity contribution in [2.75, 3.05) is 6.61 Å². The van der Waals surface area contributed by atoms with Crippen LogP contribution in [0.2, 0.25) is 10.0 Å². The van der Waals surface area contributed by atoms with E-state index in [2.05, 4.69) is 39.8 Å². The van der Waals surface area contributed by atoms with Crippen LogP contribution in [0.4, 0.5) is 0 Å². The third-order valence-corrected chi connectivity index (χ3v) is 9.07. The molecule has 1 heterocycles. The van der Waals surface area contributed by atoms with E-state index in [-0.39, 0.29) is 42.1 Å². The number of hydrazone groups is 1. The Hall–Kier alpha value is -2.10. The third kappa shape index (κ3) is 4.03. The van der Waals surface area contributed by atoms with E-state index < -0.39 is 0 Å². The van der Waals surface area contributed by atoms with E-state index in [9.17, 15) is 9.59 Å². The molecule has 2 saturated carbocycles. The summed E-state index contributed by atoms with van der Waals surface area (Å²) in [6.45, 7) is 2.58. The molecule has 3 fully saturated rings. The fourth-order valence-corrected chi connectivity index (χ4v) is 7.28. The summed E-state index contributed by atoms with van der Waals surface area (Å²) in [5.74, 6) is 1.74. The molecule has 0 radical (unpaired) electrons. The maximum atomic E-state index is 13.2. The smallest absolute Gasteiger partial charge is 0.254 e. The molecule has 0 aromatic heterocycles. The second kappa shape index (κ2) is 9.33. The molecule has 0 N–H and O–H groups in total. The molecular weight excluding hydrogens is 614 g/mol. The van der Waals surface area contributed by atoms with Crippen LogP contribution in [0.25, 0.3) is 0 Å². The first-order chi connectivity index (χ1) is 17.4. The summed E-state index contributed by atoms with van der Waals surface area (Å²) in [6.07, 6.45) is 7.00. The lowest BCUT2D eigenvalue weighted by Crippen LogP contribution is -2.40. The Kier molecular flexibility index (Phi) is 6.29. The van der Waals surface area contributed by atoms with Gasteiger partial charge in [-0.2, -0.15) is 10.1 Å². The molecule has 186 valence electrons. The van der Waals surface area contributed by atoms with Gasteiger partial charge in [-0.05, 0) is 89.4 Å². The number of halogens is 3. The van der Waals surface area contributed by atoms with Crippen LogP contribution in [0.1, 0.15) is 24.5 Å². The van der Waals surface area contributed by atoms with Crippen LogP contribution in [0, 0.1) is 39.1 Å². The molecule has 0 unspecified atom stereocenters. The second-order valence-electron chi connectivity index (χ2n) is 9.67. The summed E-state index contributed by atoms with van der Waals surface area (Å²) in [5.41, 5.74) is 1.51. The molecule has 2 bridgehead atoms. The SMILES string of the molecule is CCOc1cc(C=NN2C(=O)[C@@H]3[C@H]4C=C[C@@H]([C@@H]5C[C@H]45)[C@H]3C2=O)cc(I)c1OCc1ccc(Cl)cc1Cl. The summed E-state index contributed by atoms with van der Waals surface area (Å²) in [5, 5.41) is 6.53. The molecule has 4 aliphatic carbocycles. The molecule has 9 heteroatoms. The summed E-state index contributed by atoms with van der Waals surface area (Å²) in [6, 6.07) is 8.95. The van der Waals surface area contributed by atoms with Crippen LogP contribution >= 0.6 is 45.8 Å². The van der Waals surface area contributed by atoms with Gasteiger partial charge in [-0.1, -0.05) is 41.4 Å². The molecule has 2 aromatic carbocycles. The summed E-state index contributed by atoms with van der Waals surface area (Å²) < 4.78 is 12.7. The normalized spacial score (nSPS) is 29.6. The van der Waals surface area contributed by atoms with Crippen LogP contribution in [-0.2, 0) is 16.2 Å². The van der Waals surface area contributed by atoms with Gasteiger partial charge in [0.25, 0.3) is 11.8 Å². The lowest BCUT2D eigenvalue weighted by molar-refractivity contribution is -0.140. The van der Waals surface area contributed by atoms with Gasteiger partial charge in [-0.15, -0.1) is 0 Å². The summed E-state index contributed by atoms with van der Waals surface area (Å²) >= 11 is 14.5. The number of carbonyl (C=O) groups is 2. The molecule has 36 heavy (non-hydrogen) atoms. The Bertz CT molecular complexity index is 1290. The summed E-state index contributed by atoms with van der Waals surface area (Å²) in [7, 11) is 0. The maximum absolute atomic E-state index is 13.2. The Morgan fingerprint density at radius 1 is 1.06 bits per heavy atom. The van der Waals surface area contributed by atoms with Gasteiger partial charge >= 0.3 is 0 Å². The standard InChI is InChI=1S/C27H23Cl2IN2O4/c1-2-35-22-8-13(7-21(30)25(22)36-12-14-3-4-15(28)9-20(14)29)11-31-32-26(33)23-16-5-6-17(19-10-18(16)19)24(23)27(32)34/h3-9,11,16-19,23-24H,2,10,12H2,1H3/t16-,17-,18-,19+,23+,24+/m0/s1. The number of nitrogens with zero attached hydrogens (tertiary/aromatic N) is 2. The average Bonchev–Trinajstić information content (AvgIpc) is 3.63. The minimum Gasteiger partial charge on any atom is -0.490 e. The van der Waals surface area contributed by atoms with E-state index in [1.54, 1.807) is 24.4 Å². The summed E-state index contributed by atoms with van der Waals surface area (Å²) in [4.78, 5) is 26.4. The molecule has 1 aliphatic heterocycles. The number of hydrogen-bond acceptors (Lipinski definition) is 5. The van der Waals surface area contributed by atoms with Crippen LogP contribution in [0.3, 0.4) is 0 Å². The third-order valence-electron chi connectivity index (χ3n) is 7.68.